The molecule has 2 rings (SSSR count). The van der Waals surface area contributed by atoms with Crippen LogP contribution < -0.4 is 10.6 Å². The number of thioether (sulfide) groups is 1. The maximum Gasteiger partial charge on any atom is 0.230 e. The molecule has 0 aliphatic carbocycles. The highest BCUT2D eigenvalue weighted by Gasteiger charge is 2.12. The van der Waals surface area contributed by atoms with Gasteiger partial charge in [-0.05, 0) is 49.9 Å². The highest BCUT2D eigenvalue weighted by atomic mass is 32.2. The molecule has 24 heavy (non-hydrogen) atoms. The summed E-state index contributed by atoms with van der Waals surface area (Å²) in [4.78, 5) is 11.9. The Balaban J connectivity index is 1.86. The summed E-state index contributed by atoms with van der Waals surface area (Å²) >= 11 is 2.87. The normalized spacial score (nSPS) is 12.2. The van der Waals surface area contributed by atoms with E-state index in [0.29, 0.717) is 11.7 Å². The Morgan fingerprint density at radius 2 is 1.96 bits per heavy atom. The summed E-state index contributed by atoms with van der Waals surface area (Å²) in [5.74, 6) is 0.810. The minimum Gasteiger partial charge on any atom is -0.353 e. The Bertz CT molecular complexity index is 700. The summed E-state index contributed by atoms with van der Waals surface area (Å²) in [7, 11) is 0. The van der Waals surface area contributed by atoms with E-state index in [1.54, 1.807) is 0 Å². The van der Waals surface area contributed by atoms with Crippen molar-refractivity contribution in [3.05, 3.63) is 29.3 Å². The topological polar surface area (TPSA) is 66.9 Å². The van der Waals surface area contributed by atoms with Crippen LogP contribution in [0.3, 0.4) is 0 Å². The molecule has 1 atom stereocenters. The summed E-state index contributed by atoms with van der Waals surface area (Å²) in [6.45, 7) is 10.4. The van der Waals surface area contributed by atoms with Crippen molar-refractivity contribution in [2.24, 2.45) is 5.92 Å². The second kappa shape index (κ2) is 8.48. The van der Waals surface area contributed by atoms with E-state index >= 15 is 0 Å². The number of hydrogen-bond acceptors (Lipinski definition) is 6. The quantitative estimate of drug-likeness (QED) is 0.723. The summed E-state index contributed by atoms with van der Waals surface area (Å²) in [5, 5.41) is 15.2. The molecule has 7 heteroatoms. The first kappa shape index (κ1) is 18.7. The van der Waals surface area contributed by atoms with Crippen LogP contribution in [0.5, 0.6) is 0 Å². The van der Waals surface area contributed by atoms with E-state index in [1.807, 2.05) is 13.0 Å². The Hall–Kier alpha value is -1.60. The first-order valence-electron chi connectivity index (χ1n) is 7.95. The number of amides is 1. The zero-order chi connectivity index (χ0) is 17.7. The smallest absolute Gasteiger partial charge is 0.230 e. The molecule has 130 valence electrons. The van der Waals surface area contributed by atoms with Gasteiger partial charge in [0.15, 0.2) is 4.34 Å². The van der Waals surface area contributed by atoms with Crippen LogP contribution in [0.15, 0.2) is 22.5 Å². The molecule has 1 aromatic heterocycles. The number of benzene rings is 1. The van der Waals surface area contributed by atoms with Crippen molar-refractivity contribution in [1.82, 2.24) is 15.5 Å². The molecule has 1 heterocycles. The minimum absolute atomic E-state index is 0.0278. The van der Waals surface area contributed by atoms with E-state index in [2.05, 4.69) is 60.7 Å². The third-order valence-corrected chi connectivity index (χ3v) is 5.85. The fourth-order valence-electron chi connectivity index (χ4n) is 1.85. The maximum absolute atomic E-state index is 11.9. The minimum atomic E-state index is 0.0278. The molecule has 0 aliphatic heterocycles. The van der Waals surface area contributed by atoms with E-state index < -0.39 is 0 Å². The molecule has 2 aromatic rings. The number of nitrogens with zero attached hydrogens (tertiary/aromatic N) is 2. The van der Waals surface area contributed by atoms with Gasteiger partial charge < -0.3 is 10.6 Å². The lowest BCUT2D eigenvalue weighted by Gasteiger charge is -2.16. The number of carbonyl (C=O) groups excluding carboxylic acids is 1. The van der Waals surface area contributed by atoms with Gasteiger partial charge in [0.2, 0.25) is 11.0 Å². The summed E-state index contributed by atoms with van der Waals surface area (Å²) in [6.07, 6.45) is 0. The van der Waals surface area contributed by atoms with Gasteiger partial charge in [0.1, 0.15) is 0 Å². The van der Waals surface area contributed by atoms with Crippen LogP contribution in [0, 0.1) is 19.8 Å². The molecule has 2 N–H and O–H groups in total. The van der Waals surface area contributed by atoms with E-state index in [0.717, 1.165) is 15.2 Å². The van der Waals surface area contributed by atoms with Gasteiger partial charge in [-0.15, -0.1) is 10.2 Å². The Kier molecular flexibility index (Phi) is 6.62. The fourth-order valence-corrected chi connectivity index (χ4v) is 3.43. The van der Waals surface area contributed by atoms with Crippen molar-refractivity contribution in [3.8, 4) is 0 Å². The third-order valence-electron chi connectivity index (χ3n) is 3.88. The second-order valence-electron chi connectivity index (χ2n) is 6.19. The lowest BCUT2D eigenvalue weighted by Crippen LogP contribution is -2.37. The summed E-state index contributed by atoms with van der Waals surface area (Å²) in [6, 6.07) is 6.37. The van der Waals surface area contributed by atoms with Gasteiger partial charge in [-0.3, -0.25) is 4.79 Å². The number of nitrogens with one attached hydrogen (secondary N) is 2. The van der Waals surface area contributed by atoms with E-state index in [9.17, 15) is 4.79 Å². The van der Waals surface area contributed by atoms with Gasteiger partial charge in [0.05, 0.1) is 5.75 Å². The molecule has 0 saturated carbocycles. The highest BCUT2D eigenvalue weighted by molar-refractivity contribution is 8.01. The Labute approximate surface area is 151 Å². The predicted molar refractivity (Wildman–Crippen MR) is 102 cm³/mol. The van der Waals surface area contributed by atoms with Crippen LogP contribution in [-0.4, -0.2) is 27.9 Å². The molecule has 0 bridgehead atoms. The zero-order valence-electron chi connectivity index (χ0n) is 14.7. The van der Waals surface area contributed by atoms with E-state index in [1.165, 1.54) is 34.2 Å². The van der Waals surface area contributed by atoms with E-state index in [4.69, 9.17) is 0 Å². The number of aryl methyl sites for hydroxylation is 2. The lowest BCUT2D eigenvalue weighted by atomic mass is 10.1. The van der Waals surface area contributed by atoms with Crippen molar-refractivity contribution in [2.45, 2.75) is 45.0 Å². The van der Waals surface area contributed by atoms with Gasteiger partial charge >= 0.3 is 0 Å². The van der Waals surface area contributed by atoms with Gasteiger partial charge in [-0.2, -0.15) is 0 Å². The predicted octanol–water partition coefficient (Wildman–Crippen LogP) is 4.15. The van der Waals surface area contributed by atoms with Gasteiger partial charge in [-0.25, -0.2) is 0 Å². The van der Waals surface area contributed by atoms with Crippen LogP contribution in [0.2, 0.25) is 0 Å². The number of rotatable bonds is 7. The summed E-state index contributed by atoms with van der Waals surface area (Å²) in [5.41, 5.74) is 3.49. The molecule has 1 amide bonds. The Morgan fingerprint density at radius 3 is 2.62 bits per heavy atom. The SMILES string of the molecule is Cc1ccc(Nc2nnc(SCC(=O)N[C@@H](C)C(C)C)s2)cc1C. The van der Waals surface area contributed by atoms with Crippen LogP contribution in [0.4, 0.5) is 10.8 Å². The molecule has 0 unspecified atom stereocenters. The van der Waals surface area contributed by atoms with Crippen LogP contribution >= 0.6 is 23.1 Å². The number of hydrogen-bond donors (Lipinski definition) is 2. The standard InChI is InChI=1S/C17H24N4OS2/c1-10(2)13(5)18-15(22)9-23-17-21-20-16(24-17)19-14-7-6-11(3)12(4)8-14/h6-8,10,13H,9H2,1-5H3,(H,18,22)(H,19,20)/t13-/m0/s1. The van der Waals surface area contributed by atoms with Crippen molar-refractivity contribution in [3.63, 3.8) is 0 Å². The second-order valence-corrected chi connectivity index (χ2v) is 8.39. The largest absolute Gasteiger partial charge is 0.353 e. The molecule has 0 aliphatic rings. The molecule has 0 spiro atoms. The number of carbonyl (C=O) groups is 1. The van der Waals surface area contributed by atoms with Crippen molar-refractivity contribution in [2.75, 3.05) is 11.1 Å². The number of anilines is 2. The fraction of sp³-hybridized carbons (Fsp3) is 0.471. The third kappa shape index (κ3) is 5.49. The molecular weight excluding hydrogens is 340 g/mol. The van der Waals surface area contributed by atoms with Crippen LogP contribution in [-0.2, 0) is 4.79 Å². The number of aromatic nitrogens is 2. The average Bonchev–Trinajstić information content (AvgIpc) is 2.96. The van der Waals surface area contributed by atoms with Crippen LogP contribution in [0.1, 0.15) is 31.9 Å². The zero-order valence-corrected chi connectivity index (χ0v) is 16.3. The monoisotopic (exact) mass is 364 g/mol. The average molecular weight is 365 g/mol. The van der Waals surface area contributed by atoms with Crippen molar-refractivity contribution in [1.29, 1.82) is 0 Å². The first-order chi connectivity index (χ1) is 11.3. The van der Waals surface area contributed by atoms with Gasteiger partial charge in [-0.1, -0.05) is 43.0 Å². The molecular formula is C17H24N4OS2. The molecule has 1 aromatic carbocycles. The van der Waals surface area contributed by atoms with Crippen molar-refractivity contribution >= 4 is 39.8 Å². The van der Waals surface area contributed by atoms with E-state index in [-0.39, 0.29) is 11.9 Å². The molecule has 0 fully saturated rings. The first-order valence-corrected chi connectivity index (χ1v) is 9.75. The lowest BCUT2D eigenvalue weighted by molar-refractivity contribution is -0.119. The molecule has 5 nitrogen and oxygen atoms in total. The Morgan fingerprint density at radius 1 is 1.21 bits per heavy atom. The van der Waals surface area contributed by atoms with Gasteiger partial charge in [0, 0.05) is 11.7 Å². The molecule has 0 radical (unpaired) electrons. The highest BCUT2D eigenvalue weighted by Crippen LogP contribution is 2.28. The van der Waals surface area contributed by atoms with Gasteiger partial charge in [0.25, 0.3) is 0 Å². The molecule has 0 saturated heterocycles. The van der Waals surface area contributed by atoms with Crippen molar-refractivity contribution < 1.29 is 4.79 Å². The summed E-state index contributed by atoms with van der Waals surface area (Å²) < 4.78 is 0.786. The van der Waals surface area contributed by atoms with Crippen LogP contribution in [0.25, 0.3) is 0 Å². The maximum atomic E-state index is 11.9.